The monoisotopic (exact) mass is 409 g/mol. The fourth-order valence-electron chi connectivity index (χ4n) is 1.97. The molecule has 1 rings (SSSR count). The Labute approximate surface area is 170 Å². The van der Waals surface area contributed by atoms with Gasteiger partial charge in [0.1, 0.15) is 5.75 Å². The van der Waals surface area contributed by atoms with Crippen molar-refractivity contribution >= 4 is 35.1 Å². The number of hydrogen-bond donors (Lipinski definition) is 3. The molecule has 154 valence electrons. The maximum absolute atomic E-state index is 12.1. The van der Waals surface area contributed by atoms with Gasteiger partial charge in [0, 0.05) is 12.0 Å². The lowest BCUT2D eigenvalue weighted by atomic mass is 10.1. The van der Waals surface area contributed by atoms with E-state index in [4.69, 9.17) is 21.7 Å². The highest BCUT2D eigenvalue weighted by atomic mass is 32.1. The molecular weight excluding hydrogens is 382 g/mol. The van der Waals surface area contributed by atoms with Crippen molar-refractivity contribution in [1.82, 2.24) is 16.2 Å². The first-order valence-corrected chi connectivity index (χ1v) is 9.51. The van der Waals surface area contributed by atoms with Crippen LogP contribution in [0.5, 0.6) is 5.75 Å². The normalized spacial score (nSPS) is 10.1. The van der Waals surface area contributed by atoms with Gasteiger partial charge >= 0.3 is 5.97 Å². The third-order valence-corrected chi connectivity index (χ3v) is 3.69. The lowest BCUT2D eigenvalue weighted by molar-refractivity contribution is -0.144. The SMILES string of the molecule is CCOC(=O)CCC(=O)NC(=S)NNC(=O)c1ccc(OCCC(C)C)cc1. The predicted molar refractivity (Wildman–Crippen MR) is 109 cm³/mol. The minimum atomic E-state index is -0.457. The molecule has 0 fully saturated rings. The van der Waals surface area contributed by atoms with E-state index in [0.717, 1.165) is 6.42 Å². The maximum atomic E-state index is 12.1. The Morgan fingerprint density at radius 1 is 1.07 bits per heavy atom. The Bertz CT molecular complexity index is 677. The van der Waals surface area contributed by atoms with Crippen LogP contribution in [0.4, 0.5) is 0 Å². The first kappa shape index (κ1) is 23.4. The third kappa shape index (κ3) is 9.86. The molecule has 1 aromatic carbocycles. The minimum absolute atomic E-state index is 0.0414. The van der Waals surface area contributed by atoms with Crippen LogP contribution in [0, 0.1) is 5.92 Å². The van der Waals surface area contributed by atoms with Gasteiger partial charge in [-0.15, -0.1) is 0 Å². The maximum Gasteiger partial charge on any atom is 0.306 e. The molecule has 0 bridgehead atoms. The number of esters is 1. The molecule has 1 aromatic rings. The highest BCUT2D eigenvalue weighted by Gasteiger charge is 2.10. The summed E-state index contributed by atoms with van der Waals surface area (Å²) in [5.41, 5.74) is 5.23. The van der Waals surface area contributed by atoms with Crippen molar-refractivity contribution in [2.75, 3.05) is 13.2 Å². The zero-order valence-electron chi connectivity index (χ0n) is 16.4. The summed E-state index contributed by atoms with van der Waals surface area (Å²) in [5.74, 6) is -0.0822. The van der Waals surface area contributed by atoms with E-state index in [2.05, 4.69) is 30.0 Å². The van der Waals surface area contributed by atoms with Crippen molar-refractivity contribution in [1.29, 1.82) is 0 Å². The molecule has 0 aromatic heterocycles. The van der Waals surface area contributed by atoms with E-state index in [1.165, 1.54) is 0 Å². The topological polar surface area (TPSA) is 106 Å². The summed E-state index contributed by atoms with van der Waals surface area (Å²) in [6.07, 6.45) is 0.849. The molecule has 0 heterocycles. The average molecular weight is 410 g/mol. The van der Waals surface area contributed by atoms with Crippen LogP contribution in [0.15, 0.2) is 24.3 Å². The third-order valence-electron chi connectivity index (χ3n) is 3.48. The molecule has 9 heteroatoms. The molecule has 0 saturated heterocycles. The van der Waals surface area contributed by atoms with Crippen molar-refractivity contribution in [3.05, 3.63) is 29.8 Å². The number of ether oxygens (including phenoxy) is 2. The Kier molecular flexibility index (Phi) is 10.6. The van der Waals surface area contributed by atoms with Gasteiger partial charge in [-0.3, -0.25) is 25.2 Å². The molecule has 2 amide bonds. The number of thiocarbonyl (C=S) groups is 1. The second-order valence-corrected chi connectivity index (χ2v) is 6.73. The number of benzene rings is 1. The highest BCUT2D eigenvalue weighted by Crippen LogP contribution is 2.13. The number of amides is 2. The number of carbonyl (C=O) groups is 3. The summed E-state index contributed by atoms with van der Waals surface area (Å²) >= 11 is 4.93. The van der Waals surface area contributed by atoms with Gasteiger partial charge in [0.2, 0.25) is 5.91 Å². The van der Waals surface area contributed by atoms with E-state index in [0.29, 0.717) is 23.8 Å². The zero-order chi connectivity index (χ0) is 20.9. The van der Waals surface area contributed by atoms with Gasteiger partial charge in [-0.25, -0.2) is 0 Å². The van der Waals surface area contributed by atoms with E-state index < -0.39 is 17.8 Å². The van der Waals surface area contributed by atoms with Crippen LogP contribution in [0.2, 0.25) is 0 Å². The molecule has 0 aliphatic carbocycles. The number of carbonyl (C=O) groups excluding carboxylic acids is 3. The van der Waals surface area contributed by atoms with Crippen LogP contribution in [-0.4, -0.2) is 36.1 Å². The second-order valence-electron chi connectivity index (χ2n) is 6.32. The van der Waals surface area contributed by atoms with E-state index in [9.17, 15) is 14.4 Å². The van der Waals surface area contributed by atoms with Crippen molar-refractivity contribution in [2.24, 2.45) is 5.92 Å². The smallest absolute Gasteiger partial charge is 0.306 e. The van der Waals surface area contributed by atoms with E-state index in [1.807, 2.05) is 0 Å². The molecule has 0 unspecified atom stereocenters. The first-order chi connectivity index (χ1) is 13.3. The summed E-state index contributed by atoms with van der Waals surface area (Å²) in [4.78, 5) is 35.0. The molecule has 0 atom stereocenters. The zero-order valence-corrected chi connectivity index (χ0v) is 17.2. The molecule has 28 heavy (non-hydrogen) atoms. The minimum Gasteiger partial charge on any atom is -0.494 e. The van der Waals surface area contributed by atoms with Crippen molar-refractivity contribution in [3.63, 3.8) is 0 Å². The van der Waals surface area contributed by atoms with E-state index in [-0.39, 0.29) is 24.6 Å². The van der Waals surface area contributed by atoms with Crippen LogP contribution in [0.1, 0.15) is 50.4 Å². The fraction of sp³-hybridized carbons (Fsp3) is 0.474. The van der Waals surface area contributed by atoms with Crippen molar-refractivity contribution in [3.8, 4) is 5.75 Å². The molecule has 0 aliphatic heterocycles. The average Bonchev–Trinajstić information content (AvgIpc) is 2.65. The van der Waals surface area contributed by atoms with Gasteiger partial charge in [-0.1, -0.05) is 13.8 Å². The van der Waals surface area contributed by atoms with Crippen LogP contribution < -0.4 is 20.9 Å². The summed E-state index contributed by atoms with van der Waals surface area (Å²) in [5, 5.41) is 2.29. The van der Waals surface area contributed by atoms with Gasteiger partial charge in [0.05, 0.1) is 19.6 Å². The van der Waals surface area contributed by atoms with E-state index >= 15 is 0 Å². The first-order valence-electron chi connectivity index (χ1n) is 9.10. The van der Waals surface area contributed by atoms with Gasteiger partial charge in [0.15, 0.2) is 5.11 Å². The van der Waals surface area contributed by atoms with Gasteiger partial charge in [0.25, 0.3) is 5.91 Å². The molecule has 8 nitrogen and oxygen atoms in total. The summed E-state index contributed by atoms with van der Waals surface area (Å²) in [7, 11) is 0. The van der Waals surface area contributed by atoms with Gasteiger partial charge in [-0.2, -0.15) is 0 Å². The molecule has 0 aliphatic rings. The van der Waals surface area contributed by atoms with Crippen molar-refractivity contribution in [2.45, 2.75) is 40.0 Å². The lowest BCUT2D eigenvalue weighted by Crippen LogP contribution is -2.48. The standard InChI is InChI=1S/C19H27N3O5S/c1-4-26-17(24)10-9-16(23)20-19(28)22-21-18(25)14-5-7-15(8-6-14)27-12-11-13(2)3/h5-8,13H,4,9-12H2,1-3H3,(H,21,25)(H2,20,22,23,28). The molecule has 0 saturated carbocycles. The summed E-state index contributed by atoms with van der Waals surface area (Å²) in [6, 6.07) is 6.68. The Hall–Kier alpha value is -2.68. The van der Waals surface area contributed by atoms with Crippen molar-refractivity contribution < 1.29 is 23.9 Å². The van der Waals surface area contributed by atoms with Gasteiger partial charge in [-0.05, 0) is 55.7 Å². The van der Waals surface area contributed by atoms with E-state index in [1.54, 1.807) is 31.2 Å². The van der Waals surface area contributed by atoms with Gasteiger partial charge < -0.3 is 14.8 Å². The largest absolute Gasteiger partial charge is 0.494 e. The Morgan fingerprint density at radius 2 is 1.75 bits per heavy atom. The van der Waals surface area contributed by atoms with Crippen LogP contribution in [0.25, 0.3) is 0 Å². The number of hydrazine groups is 1. The second kappa shape index (κ2) is 12.7. The molecule has 0 radical (unpaired) electrons. The number of nitrogens with one attached hydrogen (secondary N) is 3. The summed E-state index contributed by atoms with van der Waals surface area (Å²) < 4.78 is 10.3. The fourth-order valence-corrected chi connectivity index (χ4v) is 2.13. The van der Waals surface area contributed by atoms with Crippen LogP contribution in [0.3, 0.4) is 0 Å². The quantitative estimate of drug-likeness (QED) is 0.326. The molecule has 3 N–H and O–H groups in total. The van der Waals surface area contributed by atoms with Crippen LogP contribution >= 0.6 is 12.2 Å². The highest BCUT2D eigenvalue weighted by molar-refractivity contribution is 7.80. The number of hydrogen-bond acceptors (Lipinski definition) is 6. The molecule has 0 spiro atoms. The predicted octanol–water partition coefficient (Wildman–Crippen LogP) is 2.09. The lowest BCUT2D eigenvalue weighted by Gasteiger charge is -2.11. The van der Waals surface area contributed by atoms with Crippen LogP contribution in [-0.2, 0) is 14.3 Å². The molecular formula is C19H27N3O5S. The number of rotatable bonds is 9. The Balaban J connectivity index is 2.33. The Morgan fingerprint density at radius 3 is 2.36 bits per heavy atom. The summed E-state index contributed by atoms with van der Waals surface area (Å²) in [6.45, 7) is 6.81.